The first kappa shape index (κ1) is 10.3. The third kappa shape index (κ3) is 1.22. The van der Waals surface area contributed by atoms with Gasteiger partial charge in [0.2, 0.25) is 0 Å². The lowest BCUT2D eigenvalue weighted by Crippen LogP contribution is -2.28. The third-order valence-corrected chi connectivity index (χ3v) is 3.89. The number of hydrogen-bond donors (Lipinski definition) is 1. The summed E-state index contributed by atoms with van der Waals surface area (Å²) in [6.07, 6.45) is 0. The van der Waals surface area contributed by atoms with Crippen molar-refractivity contribution in [2.24, 2.45) is 5.92 Å². The molecule has 0 saturated carbocycles. The molecule has 1 aromatic rings. The Balaban J connectivity index is 2.65. The van der Waals surface area contributed by atoms with E-state index < -0.39 is 0 Å². The predicted octanol–water partition coefficient (Wildman–Crippen LogP) is 3.85. The van der Waals surface area contributed by atoms with Crippen LogP contribution in [0.5, 0.6) is 0 Å². The largest absolute Gasteiger partial charge is 0.358 e. The van der Waals surface area contributed by atoms with Crippen molar-refractivity contribution in [2.75, 3.05) is 5.32 Å². The molecule has 1 N–H and O–H groups in total. The molecule has 0 fully saturated rings. The van der Waals surface area contributed by atoms with E-state index in [-0.39, 0.29) is 5.41 Å². The normalized spacial score (nSPS) is 24.2. The molecule has 1 heterocycles. The van der Waals surface area contributed by atoms with Gasteiger partial charge >= 0.3 is 0 Å². The van der Waals surface area contributed by atoms with Crippen LogP contribution in [-0.4, -0.2) is 0 Å². The van der Waals surface area contributed by atoms with Gasteiger partial charge in [-0.1, -0.05) is 38.6 Å². The number of rotatable bonds is 1. The molecule has 0 bridgehead atoms. The Kier molecular flexibility index (Phi) is 2.14. The van der Waals surface area contributed by atoms with E-state index in [9.17, 15) is 0 Å². The van der Waals surface area contributed by atoms with Gasteiger partial charge in [0.1, 0.15) is 0 Å². The maximum absolute atomic E-state index is 4.17. The van der Waals surface area contributed by atoms with Crippen LogP contribution in [0.1, 0.15) is 31.9 Å². The molecule has 0 aromatic heterocycles. The van der Waals surface area contributed by atoms with Gasteiger partial charge in [0.15, 0.2) is 0 Å². The summed E-state index contributed by atoms with van der Waals surface area (Å²) in [4.78, 5) is 0. The van der Waals surface area contributed by atoms with E-state index in [0.717, 1.165) is 5.70 Å². The Labute approximate surface area is 92.2 Å². The van der Waals surface area contributed by atoms with E-state index >= 15 is 0 Å². The zero-order chi connectivity index (χ0) is 11.2. The number of allylic oxidation sites excluding steroid dienone is 1. The second-order valence-electron chi connectivity index (χ2n) is 4.96. The van der Waals surface area contributed by atoms with Gasteiger partial charge in [-0.05, 0) is 30.9 Å². The van der Waals surface area contributed by atoms with Crippen molar-refractivity contribution >= 4 is 5.69 Å². The van der Waals surface area contributed by atoms with Crippen LogP contribution in [0.4, 0.5) is 5.69 Å². The van der Waals surface area contributed by atoms with Gasteiger partial charge in [-0.15, -0.1) is 0 Å². The molecule has 0 amide bonds. The number of aryl methyl sites for hydroxylation is 1. The highest BCUT2D eigenvalue weighted by molar-refractivity contribution is 5.71. The molecule has 80 valence electrons. The van der Waals surface area contributed by atoms with Crippen molar-refractivity contribution in [3.63, 3.8) is 0 Å². The molecule has 1 aromatic carbocycles. The van der Waals surface area contributed by atoms with Crippen molar-refractivity contribution in [1.82, 2.24) is 0 Å². The van der Waals surface area contributed by atoms with E-state index in [4.69, 9.17) is 0 Å². The van der Waals surface area contributed by atoms with E-state index in [0.29, 0.717) is 5.92 Å². The van der Waals surface area contributed by atoms with Crippen molar-refractivity contribution in [3.8, 4) is 0 Å². The lowest BCUT2D eigenvalue weighted by atomic mass is 9.73. The zero-order valence-corrected chi connectivity index (χ0v) is 10.0. The van der Waals surface area contributed by atoms with E-state index in [1.54, 1.807) is 0 Å². The van der Waals surface area contributed by atoms with Crippen LogP contribution in [0, 0.1) is 12.8 Å². The number of benzene rings is 1. The Morgan fingerprint density at radius 3 is 2.60 bits per heavy atom. The van der Waals surface area contributed by atoms with Crippen molar-refractivity contribution in [3.05, 3.63) is 41.6 Å². The highest BCUT2D eigenvalue weighted by Gasteiger charge is 2.40. The Morgan fingerprint density at radius 2 is 2.00 bits per heavy atom. The van der Waals surface area contributed by atoms with Gasteiger partial charge < -0.3 is 5.32 Å². The molecule has 0 radical (unpaired) electrons. The summed E-state index contributed by atoms with van der Waals surface area (Å²) in [5.41, 5.74) is 5.16. The second-order valence-corrected chi connectivity index (χ2v) is 4.96. The number of hydrogen-bond acceptors (Lipinski definition) is 1. The maximum atomic E-state index is 4.17. The summed E-state index contributed by atoms with van der Waals surface area (Å²) in [5, 5.41) is 3.44. The van der Waals surface area contributed by atoms with Crippen molar-refractivity contribution < 1.29 is 0 Å². The van der Waals surface area contributed by atoms with Crippen LogP contribution in [0.3, 0.4) is 0 Å². The van der Waals surface area contributed by atoms with Crippen LogP contribution in [-0.2, 0) is 5.41 Å². The highest BCUT2D eigenvalue weighted by Crippen LogP contribution is 2.48. The summed E-state index contributed by atoms with van der Waals surface area (Å²) in [5.74, 6) is 0.556. The predicted molar refractivity (Wildman–Crippen MR) is 66.1 cm³/mol. The summed E-state index contributed by atoms with van der Waals surface area (Å²) in [6.45, 7) is 13.1. The number of nitrogens with one attached hydrogen (secondary N) is 1. The molecule has 0 aliphatic carbocycles. The Bertz CT molecular complexity index is 417. The van der Waals surface area contributed by atoms with Crippen molar-refractivity contribution in [1.29, 1.82) is 0 Å². The Morgan fingerprint density at radius 1 is 1.33 bits per heavy atom. The van der Waals surface area contributed by atoms with Gasteiger partial charge in [0.05, 0.1) is 0 Å². The van der Waals surface area contributed by atoms with Gasteiger partial charge in [-0.2, -0.15) is 0 Å². The zero-order valence-electron chi connectivity index (χ0n) is 10.0. The lowest BCUT2D eigenvalue weighted by Gasteiger charge is -2.30. The first-order valence-corrected chi connectivity index (χ1v) is 5.54. The van der Waals surface area contributed by atoms with Crippen LogP contribution in [0.2, 0.25) is 0 Å². The fraction of sp³-hybridized carbons (Fsp3) is 0.429. The summed E-state index contributed by atoms with van der Waals surface area (Å²) in [7, 11) is 0. The third-order valence-electron chi connectivity index (χ3n) is 3.89. The number of para-hydroxylation sites is 1. The van der Waals surface area contributed by atoms with Crippen LogP contribution in [0.25, 0.3) is 0 Å². The van der Waals surface area contributed by atoms with Crippen molar-refractivity contribution in [2.45, 2.75) is 33.1 Å². The highest BCUT2D eigenvalue weighted by atomic mass is 15.0. The topological polar surface area (TPSA) is 12.0 Å². The van der Waals surface area contributed by atoms with Crippen LogP contribution >= 0.6 is 0 Å². The van der Waals surface area contributed by atoms with E-state index in [1.165, 1.54) is 16.8 Å². The molecule has 1 atom stereocenters. The lowest BCUT2D eigenvalue weighted by molar-refractivity contribution is 0.412. The smallest absolute Gasteiger partial charge is 0.0453 e. The number of fused-ring (bicyclic) bond motifs is 1. The molecule has 2 rings (SSSR count). The second kappa shape index (κ2) is 3.13. The molecule has 1 nitrogen and oxygen atoms in total. The summed E-state index contributed by atoms with van der Waals surface area (Å²) < 4.78 is 0. The molecule has 1 heteroatoms. The van der Waals surface area contributed by atoms with Gasteiger partial charge in [0, 0.05) is 16.8 Å². The summed E-state index contributed by atoms with van der Waals surface area (Å²) >= 11 is 0. The molecular weight excluding hydrogens is 182 g/mol. The average Bonchev–Trinajstić information content (AvgIpc) is 2.44. The minimum absolute atomic E-state index is 0.0708. The van der Waals surface area contributed by atoms with Crippen LogP contribution < -0.4 is 5.32 Å². The number of anilines is 1. The maximum Gasteiger partial charge on any atom is 0.0453 e. The van der Waals surface area contributed by atoms with Gasteiger partial charge in [-0.3, -0.25) is 0 Å². The molecule has 1 aliphatic heterocycles. The Hall–Kier alpha value is -1.24. The molecule has 1 aliphatic rings. The summed E-state index contributed by atoms with van der Waals surface area (Å²) in [6, 6.07) is 6.49. The minimum Gasteiger partial charge on any atom is -0.358 e. The monoisotopic (exact) mass is 201 g/mol. The molecule has 15 heavy (non-hydrogen) atoms. The molecule has 1 unspecified atom stereocenters. The SMILES string of the molecule is C=C1Nc2c(C)cccc2C1(C)C(C)C. The fourth-order valence-corrected chi connectivity index (χ4v) is 2.37. The van der Waals surface area contributed by atoms with Crippen LogP contribution in [0.15, 0.2) is 30.5 Å². The van der Waals surface area contributed by atoms with E-state index in [1.807, 2.05) is 0 Å². The molecule has 0 spiro atoms. The van der Waals surface area contributed by atoms with Gasteiger partial charge in [-0.25, -0.2) is 0 Å². The first-order chi connectivity index (χ1) is 6.98. The molecule has 0 saturated heterocycles. The average molecular weight is 201 g/mol. The minimum atomic E-state index is 0.0708. The quantitative estimate of drug-likeness (QED) is 0.727. The fourth-order valence-electron chi connectivity index (χ4n) is 2.37. The van der Waals surface area contributed by atoms with Gasteiger partial charge in [0.25, 0.3) is 0 Å². The standard InChI is InChI=1S/C14H19N/c1-9(2)14(5)11(4)15-13-10(3)7-6-8-12(13)14/h6-9,15H,4H2,1-3,5H3. The molecular formula is C14H19N. The van der Waals surface area contributed by atoms with E-state index in [2.05, 4.69) is 57.8 Å². The first-order valence-electron chi connectivity index (χ1n) is 5.54.